The fraction of sp³-hybridized carbons (Fsp3) is 0.167. The van der Waals surface area contributed by atoms with E-state index in [1.807, 2.05) is 12.1 Å². The quantitative estimate of drug-likeness (QED) is 0.712. The molecule has 0 aliphatic rings. The minimum atomic E-state index is -0.873. The summed E-state index contributed by atoms with van der Waals surface area (Å²) in [4.78, 5) is 15.0. The number of benzene rings is 2. The molecule has 3 aromatic rings. The predicted molar refractivity (Wildman–Crippen MR) is 91.6 cm³/mol. The molecular weight excluding hydrogens is 344 g/mol. The van der Waals surface area contributed by atoms with Gasteiger partial charge in [0.1, 0.15) is 5.75 Å². The molecule has 0 bridgehead atoms. The number of carboxylic acid groups (broad SMARTS) is 1. The number of ether oxygens (including phenoxy) is 1. The number of hydrogen-bond acceptors (Lipinski definition) is 5. The first-order valence-electron chi connectivity index (χ1n) is 7.58. The van der Waals surface area contributed by atoms with Gasteiger partial charge in [-0.1, -0.05) is 28.9 Å². The third kappa shape index (κ3) is 4.36. The van der Waals surface area contributed by atoms with Crippen LogP contribution in [0, 0.1) is 0 Å². The van der Waals surface area contributed by atoms with E-state index in [0.717, 1.165) is 5.56 Å². The average Bonchev–Trinajstić information content (AvgIpc) is 3.07. The zero-order valence-electron chi connectivity index (χ0n) is 13.3. The molecular formula is C18H15ClN2O4. The van der Waals surface area contributed by atoms with Crippen LogP contribution in [0.4, 0.5) is 0 Å². The van der Waals surface area contributed by atoms with Crippen molar-refractivity contribution in [2.75, 3.05) is 0 Å². The highest BCUT2D eigenvalue weighted by Crippen LogP contribution is 2.24. The second kappa shape index (κ2) is 7.36. The van der Waals surface area contributed by atoms with Gasteiger partial charge in [0.2, 0.25) is 5.82 Å². The van der Waals surface area contributed by atoms with Crippen LogP contribution in [0.5, 0.6) is 5.75 Å². The number of halogens is 1. The maximum Gasteiger partial charge on any atom is 0.307 e. The highest BCUT2D eigenvalue weighted by Gasteiger charge is 2.17. The van der Waals surface area contributed by atoms with Gasteiger partial charge in [0.25, 0.3) is 5.89 Å². The summed E-state index contributed by atoms with van der Waals surface area (Å²) in [6.45, 7) is 1.80. The van der Waals surface area contributed by atoms with Crippen LogP contribution in [0.25, 0.3) is 11.4 Å². The number of nitrogens with zero attached hydrogens (tertiary/aromatic N) is 2. The molecule has 1 atom stereocenters. The first-order valence-corrected chi connectivity index (χ1v) is 7.96. The van der Waals surface area contributed by atoms with E-state index in [4.69, 9.17) is 26.0 Å². The highest BCUT2D eigenvalue weighted by atomic mass is 35.5. The lowest BCUT2D eigenvalue weighted by molar-refractivity contribution is -0.136. The Morgan fingerprint density at radius 2 is 1.88 bits per heavy atom. The summed E-state index contributed by atoms with van der Waals surface area (Å²) in [7, 11) is 0. The number of aliphatic carboxylic acids is 1. The van der Waals surface area contributed by atoms with Gasteiger partial charge in [-0.15, -0.1) is 0 Å². The van der Waals surface area contributed by atoms with Crippen molar-refractivity contribution < 1.29 is 19.2 Å². The SMILES string of the molecule is CC(Oc1ccc(CC(=O)O)cc1)c1nc(-c2ccc(Cl)cc2)no1. The molecule has 128 valence electrons. The first kappa shape index (κ1) is 17.0. The fourth-order valence-electron chi connectivity index (χ4n) is 2.23. The smallest absolute Gasteiger partial charge is 0.307 e. The number of hydrogen-bond donors (Lipinski definition) is 1. The van der Waals surface area contributed by atoms with Gasteiger partial charge in [-0.25, -0.2) is 0 Å². The number of carbonyl (C=O) groups is 1. The van der Waals surface area contributed by atoms with Gasteiger partial charge < -0.3 is 14.4 Å². The van der Waals surface area contributed by atoms with E-state index < -0.39 is 12.1 Å². The lowest BCUT2D eigenvalue weighted by Crippen LogP contribution is -2.04. The largest absolute Gasteiger partial charge is 0.481 e. The van der Waals surface area contributed by atoms with E-state index in [0.29, 0.717) is 28.1 Å². The topological polar surface area (TPSA) is 85.5 Å². The van der Waals surface area contributed by atoms with Gasteiger partial charge in [0.05, 0.1) is 6.42 Å². The van der Waals surface area contributed by atoms with Crippen LogP contribution in [0.15, 0.2) is 53.1 Å². The Bertz CT molecular complexity index is 860. The molecule has 0 amide bonds. The van der Waals surface area contributed by atoms with Gasteiger partial charge in [0.15, 0.2) is 6.10 Å². The lowest BCUT2D eigenvalue weighted by Gasteiger charge is -2.10. The van der Waals surface area contributed by atoms with Crippen LogP contribution in [-0.4, -0.2) is 21.2 Å². The molecule has 25 heavy (non-hydrogen) atoms. The summed E-state index contributed by atoms with van der Waals surface area (Å²) in [5.74, 6) is 0.522. The number of aromatic nitrogens is 2. The molecule has 6 nitrogen and oxygen atoms in total. The average molecular weight is 359 g/mol. The Kier molecular flexibility index (Phi) is 5.00. The van der Waals surface area contributed by atoms with Gasteiger partial charge in [0, 0.05) is 10.6 Å². The summed E-state index contributed by atoms with van der Waals surface area (Å²) in [6, 6.07) is 14.0. The number of rotatable bonds is 6. The molecule has 0 aliphatic heterocycles. The monoisotopic (exact) mass is 358 g/mol. The molecule has 0 saturated carbocycles. The third-order valence-corrected chi connectivity index (χ3v) is 3.74. The summed E-state index contributed by atoms with van der Waals surface area (Å²) >= 11 is 5.87. The standard InChI is InChI=1S/C18H15ClN2O4/c1-11(24-15-8-2-12(3-9-15)10-16(22)23)18-20-17(21-25-18)13-4-6-14(19)7-5-13/h2-9,11H,10H2,1H3,(H,22,23). The van der Waals surface area contributed by atoms with Gasteiger partial charge in [-0.05, 0) is 48.9 Å². The summed E-state index contributed by atoms with van der Waals surface area (Å²) in [5, 5.41) is 13.4. The van der Waals surface area contributed by atoms with Crippen molar-refractivity contribution in [2.45, 2.75) is 19.4 Å². The van der Waals surface area contributed by atoms with Crippen molar-refractivity contribution in [3.05, 3.63) is 65.0 Å². The Morgan fingerprint density at radius 1 is 1.20 bits per heavy atom. The maximum absolute atomic E-state index is 10.7. The lowest BCUT2D eigenvalue weighted by atomic mass is 10.1. The summed E-state index contributed by atoms with van der Waals surface area (Å²) in [6.07, 6.45) is -0.469. The van der Waals surface area contributed by atoms with E-state index in [9.17, 15) is 4.79 Å². The number of carboxylic acids is 1. The van der Waals surface area contributed by atoms with E-state index in [1.54, 1.807) is 43.3 Å². The Labute approximate surface area is 149 Å². The molecule has 2 aromatic carbocycles. The third-order valence-electron chi connectivity index (χ3n) is 3.48. The van der Waals surface area contributed by atoms with Crippen LogP contribution >= 0.6 is 11.6 Å². The van der Waals surface area contributed by atoms with Crippen molar-refractivity contribution in [1.29, 1.82) is 0 Å². The molecule has 3 rings (SSSR count). The van der Waals surface area contributed by atoms with E-state index in [-0.39, 0.29) is 6.42 Å². The zero-order valence-corrected chi connectivity index (χ0v) is 14.1. The van der Waals surface area contributed by atoms with E-state index in [2.05, 4.69) is 10.1 Å². The van der Waals surface area contributed by atoms with E-state index in [1.165, 1.54) is 0 Å². The minimum Gasteiger partial charge on any atom is -0.481 e. The molecule has 0 spiro atoms. The van der Waals surface area contributed by atoms with Crippen molar-refractivity contribution in [2.24, 2.45) is 0 Å². The molecule has 0 saturated heterocycles. The molecule has 1 heterocycles. The van der Waals surface area contributed by atoms with Crippen LogP contribution in [0.1, 0.15) is 24.5 Å². The van der Waals surface area contributed by atoms with Gasteiger partial charge in [-0.3, -0.25) is 4.79 Å². The predicted octanol–water partition coefficient (Wildman–Crippen LogP) is 4.16. The normalized spacial score (nSPS) is 11.9. The molecule has 1 N–H and O–H groups in total. The molecule has 0 aliphatic carbocycles. The second-order valence-corrected chi connectivity index (χ2v) is 5.87. The second-order valence-electron chi connectivity index (χ2n) is 5.44. The fourth-order valence-corrected chi connectivity index (χ4v) is 2.36. The summed E-state index contributed by atoms with van der Waals surface area (Å²) < 4.78 is 11.0. The summed E-state index contributed by atoms with van der Waals surface area (Å²) in [5.41, 5.74) is 1.50. The molecule has 0 radical (unpaired) electrons. The minimum absolute atomic E-state index is 0.0239. The molecule has 1 aromatic heterocycles. The Morgan fingerprint density at radius 3 is 2.52 bits per heavy atom. The Hall–Kier alpha value is -2.86. The first-order chi connectivity index (χ1) is 12.0. The van der Waals surface area contributed by atoms with E-state index >= 15 is 0 Å². The van der Waals surface area contributed by atoms with Crippen LogP contribution in [-0.2, 0) is 11.2 Å². The van der Waals surface area contributed by atoms with Crippen LogP contribution in [0.3, 0.4) is 0 Å². The van der Waals surface area contributed by atoms with Gasteiger partial charge >= 0.3 is 5.97 Å². The van der Waals surface area contributed by atoms with Crippen molar-refractivity contribution in [3.63, 3.8) is 0 Å². The van der Waals surface area contributed by atoms with Crippen molar-refractivity contribution in [3.8, 4) is 17.1 Å². The van der Waals surface area contributed by atoms with Crippen LogP contribution < -0.4 is 4.74 Å². The highest BCUT2D eigenvalue weighted by molar-refractivity contribution is 6.30. The Balaban J connectivity index is 1.68. The van der Waals surface area contributed by atoms with Gasteiger partial charge in [-0.2, -0.15) is 4.98 Å². The molecule has 0 fully saturated rings. The maximum atomic E-state index is 10.7. The van der Waals surface area contributed by atoms with Crippen LogP contribution in [0.2, 0.25) is 5.02 Å². The zero-order chi connectivity index (χ0) is 17.8. The molecule has 7 heteroatoms. The molecule has 1 unspecified atom stereocenters. The van der Waals surface area contributed by atoms with Crippen molar-refractivity contribution >= 4 is 17.6 Å². The van der Waals surface area contributed by atoms with Crippen molar-refractivity contribution in [1.82, 2.24) is 10.1 Å².